The lowest BCUT2D eigenvalue weighted by atomic mass is 10.1. The minimum absolute atomic E-state index is 0.0272. The van der Waals surface area contributed by atoms with Crippen molar-refractivity contribution in [1.82, 2.24) is 5.32 Å². The van der Waals surface area contributed by atoms with Gasteiger partial charge in [-0.3, -0.25) is 4.79 Å². The van der Waals surface area contributed by atoms with E-state index in [4.69, 9.17) is 4.74 Å². The fraction of sp³-hybridized carbons (Fsp3) is 0.500. The monoisotopic (exact) mass is 269 g/mol. The van der Waals surface area contributed by atoms with E-state index in [2.05, 4.69) is 5.32 Å². The number of esters is 1. The second-order valence-corrected chi connectivity index (χ2v) is 4.21. The Bertz CT molecular complexity index is 398. The molecule has 0 saturated carbocycles. The number of ether oxygens (including phenoxy) is 1. The first-order chi connectivity index (χ1) is 9.13. The molecule has 0 spiro atoms. The Kier molecular flexibility index (Phi) is 7.07. The minimum Gasteiger partial charge on any atom is -0.466 e. The SMILES string of the molecule is CCOC(=O)CC(O)CNCCc1ccccc1F. The lowest BCUT2D eigenvalue weighted by Gasteiger charge is -2.11. The van der Waals surface area contributed by atoms with E-state index in [1.807, 2.05) is 0 Å². The molecule has 0 aliphatic carbocycles. The predicted octanol–water partition coefficient (Wildman–Crippen LogP) is 1.27. The molecule has 1 rings (SSSR count). The standard InChI is InChI=1S/C14H20FNO3/c1-2-19-14(18)9-12(17)10-16-8-7-11-5-3-4-6-13(11)15/h3-6,12,16-17H,2,7-10H2,1H3. The van der Waals surface area contributed by atoms with Crippen LogP contribution in [0, 0.1) is 5.82 Å². The van der Waals surface area contributed by atoms with Crippen LogP contribution < -0.4 is 5.32 Å². The van der Waals surface area contributed by atoms with Crippen molar-refractivity contribution < 1.29 is 19.0 Å². The number of rotatable bonds is 8. The van der Waals surface area contributed by atoms with Crippen LogP contribution in [0.2, 0.25) is 0 Å². The molecule has 0 aliphatic rings. The van der Waals surface area contributed by atoms with Crippen molar-refractivity contribution in [2.24, 2.45) is 0 Å². The van der Waals surface area contributed by atoms with E-state index in [0.717, 1.165) is 0 Å². The Morgan fingerprint density at radius 1 is 1.47 bits per heavy atom. The Morgan fingerprint density at radius 3 is 2.89 bits per heavy atom. The van der Waals surface area contributed by atoms with Gasteiger partial charge in [0.15, 0.2) is 0 Å². The largest absolute Gasteiger partial charge is 0.466 e. The maximum atomic E-state index is 13.3. The van der Waals surface area contributed by atoms with Crippen LogP contribution in [0.4, 0.5) is 4.39 Å². The van der Waals surface area contributed by atoms with Gasteiger partial charge in [-0.05, 0) is 31.5 Å². The molecule has 0 aromatic heterocycles. The maximum absolute atomic E-state index is 13.3. The van der Waals surface area contributed by atoms with Gasteiger partial charge < -0.3 is 15.2 Å². The van der Waals surface area contributed by atoms with Crippen molar-refractivity contribution in [3.05, 3.63) is 35.6 Å². The molecular weight excluding hydrogens is 249 g/mol. The summed E-state index contributed by atoms with van der Waals surface area (Å²) in [5.74, 6) is -0.637. The molecule has 0 fully saturated rings. The molecular formula is C14H20FNO3. The van der Waals surface area contributed by atoms with Crippen molar-refractivity contribution in [3.8, 4) is 0 Å². The summed E-state index contributed by atoms with van der Waals surface area (Å²) in [6.07, 6.45) is -0.265. The van der Waals surface area contributed by atoms with Crippen LogP contribution in [0.1, 0.15) is 18.9 Å². The summed E-state index contributed by atoms with van der Waals surface area (Å²) < 4.78 is 18.0. The quantitative estimate of drug-likeness (QED) is 0.551. The van der Waals surface area contributed by atoms with E-state index in [1.54, 1.807) is 25.1 Å². The van der Waals surface area contributed by atoms with E-state index in [1.165, 1.54) is 6.07 Å². The first-order valence-corrected chi connectivity index (χ1v) is 6.41. The molecule has 0 saturated heterocycles. The fourth-order valence-corrected chi connectivity index (χ4v) is 1.68. The fourth-order valence-electron chi connectivity index (χ4n) is 1.68. The predicted molar refractivity (Wildman–Crippen MR) is 70.2 cm³/mol. The van der Waals surface area contributed by atoms with Crippen molar-refractivity contribution in [3.63, 3.8) is 0 Å². The highest BCUT2D eigenvalue weighted by atomic mass is 19.1. The third kappa shape index (κ3) is 6.31. The second-order valence-electron chi connectivity index (χ2n) is 4.21. The molecule has 1 aromatic carbocycles. The highest BCUT2D eigenvalue weighted by Gasteiger charge is 2.11. The number of nitrogens with one attached hydrogen (secondary N) is 1. The highest BCUT2D eigenvalue weighted by Crippen LogP contribution is 2.06. The minimum atomic E-state index is -0.778. The van der Waals surface area contributed by atoms with Gasteiger partial charge in [0.05, 0.1) is 19.1 Å². The van der Waals surface area contributed by atoms with Crippen molar-refractivity contribution in [2.45, 2.75) is 25.9 Å². The van der Waals surface area contributed by atoms with Gasteiger partial charge in [0.2, 0.25) is 0 Å². The molecule has 2 N–H and O–H groups in total. The Balaban J connectivity index is 2.17. The van der Waals surface area contributed by atoms with Crippen molar-refractivity contribution in [1.29, 1.82) is 0 Å². The summed E-state index contributed by atoms with van der Waals surface area (Å²) in [5, 5.41) is 12.5. The Morgan fingerprint density at radius 2 is 2.21 bits per heavy atom. The number of benzene rings is 1. The molecule has 0 bridgehead atoms. The average Bonchev–Trinajstić information content (AvgIpc) is 2.36. The van der Waals surface area contributed by atoms with Crippen LogP contribution >= 0.6 is 0 Å². The zero-order valence-electron chi connectivity index (χ0n) is 11.1. The Labute approximate surface area is 112 Å². The summed E-state index contributed by atoms with van der Waals surface area (Å²) >= 11 is 0. The number of carbonyl (C=O) groups is 1. The van der Waals surface area contributed by atoms with Crippen LogP contribution in [-0.2, 0) is 16.0 Å². The number of hydrogen-bond acceptors (Lipinski definition) is 4. The first-order valence-electron chi connectivity index (χ1n) is 6.41. The molecule has 1 aromatic rings. The van der Waals surface area contributed by atoms with Gasteiger partial charge in [-0.2, -0.15) is 0 Å². The zero-order chi connectivity index (χ0) is 14.1. The second kappa shape index (κ2) is 8.61. The van der Waals surface area contributed by atoms with E-state index in [0.29, 0.717) is 25.1 Å². The first kappa shape index (κ1) is 15.6. The molecule has 0 heterocycles. The molecule has 1 atom stereocenters. The third-order valence-corrected chi connectivity index (χ3v) is 2.62. The molecule has 106 valence electrons. The third-order valence-electron chi connectivity index (χ3n) is 2.62. The smallest absolute Gasteiger partial charge is 0.308 e. The number of halogens is 1. The normalized spacial score (nSPS) is 12.2. The van der Waals surface area contributed by atoms with Gasteiger partial charge in [0, 0.05) is 6.54 Å². The summed E-state index contributed by atoms with van der Waals surface area (Å²) in [6.45, 7) is 2.86. The summed E-state index contributed by atoms with van der Waals surface area (Å²) in [4.78, 5) is 11.1. The molecule has 1 unspecified atom stereocenters. The van der Waals surface area contributed by atoms with Crippen molar-refractivity contribution >= 4 is 5.97 Å². The summed E-state index contributed by atoms with van der Waals surface area (Å²) in [7, 11) is 0. The van der Waals surface area contributed by atoms with E-state index in [-0.39, 0.29) is 18.8 Å². The Hall–Kier alpha value is -1.46. The summed E-state index contributed by atoms with van der Waals surface area (Å²) in [5.41, 5.74) is 0.634. The zero-order valence-corrected chi connectivity index (χ0v) is 11.1. The van der Waals surface area contributed by atoms with Gasteiger partial charge >= 0.3 is 5.97 Å². The van der Waals surface area contributed by atoms with Crippen LogP contribution in [0.15, 0.2) is 24.3 Å². The molecule has 0 radical (unpaired) electrons. The average molecular weight is 269 g/mol. The molecule has 19 heavy (non-hydrogen) atoms. The van der Waals surface area contributed by atoms with E-state index >= 15 is 0 Å². The lowest BCUT2D eigenvalue weighted by Crippen LogP contribution is -2.30. The van der Waals surface area contributed by atoms with E-state index in [9.17, 15) is 14.3 Å². The molecule has 0 amide bonds. The highest BCUT2D eigenvalue weighted by molar-refractivity contribution is 5.69. The van der Waals surface area contributed by atoms with Gasteiger partial charge in [-0.1, -0.05) is 18.2 Å². The van der Waals surface area contributed by atoms with Crippen LogP contribution in [-0.4, -0.2) is 36.9 Å². The van der Waals surface area contributed by atoms with Crippen LogP contribution in [0.5, 0.6) is 0 Å². The number of aliphatic hydroxyl groups excluding tert-OH is 1. The topological polar surface area (TPSA) is 58.6 Å². The maximum Gasteiger partial charge on any atom is 0.308 e. The van der Waals surface area contributed by atoms with Crippen LogP contribution in [0.3, 0.4) is 0 Å². The molecule has 0 aliphatic heterocycles. The van der Waals surface area contributed by atoms with Gasteiger partial charge in [-0.25, -0.2) is 4.39 Å². The van der Waals surface area contributed by atoms with Crippen LogP contribution in [0.25, 0.3) is 0 Å². The number of carbonyl (C=O) groups excluding carboxylic acids is 1. The van der Waals surface area contributed by atoms with Gasteiger partial charge in [-0.15, -0.1) is 0 Å². The van der Waals surface area contributed by atoms with Crippen molar-refractivity contribution in [2.75, 3.05) is 19.7 Å². The lowest BCUT2D eigenvalue weighted by molar-refractivity contribution is -0.145. The van der Waals surface area contributed by atoms with E-state index < -0.39 is 12.1 Å². The molecule has 4 nitrogen and oxygen atoms in total. The van der Waals surface area contributed by atoms with Gasteiger partial charge in [0.1, 0.15) is 5.82 Å². The number of hydrogen-bond donors (Lipinski definition) is 2. The summed E-state index contributed by atoms with van der Waals surface area (Å²) in [6, 6.07) is 6.58. The molecule has 5 heteroatoms. The number of aliphatic hydroxyl groups is 1. The van der Waals surface area contributed by atoms with Gasteiger partial charge in [0.25, 0.3) is 0 Å².